The molecular weight excluding hydrogens is 242 g/mol. The summed E-state index contributed by atoms with van der Waals surface area (Å²) in [5.41, 5.74) is 5.12. The molecule has 0 radical (unpaired) electrons. The van der Waals surface area contributed by atoms with Gasteiger partial charge in [0.05, 0.1) is 17.6 Å². The van der Waals surface area contributed by atoms with E-state index in [1.165, 1.54) is 0 Å². The second-order valence-corrected chi connectivity index (χ2v) is 7.49. The smallest absolute Gasteiger partial charge is 0.151 e. The van der Waals surface area contributed by atoms with Crippen LogP contribution in [0.1, 0.15) is 19.3 Å². The normalized spacial score (nSPS) is 35.9. The number of hydrogen-bond acceptors (Lipinski definition) is 5. The zero-order valence-electron chi connectivity index (χ0n) is 9.97. The van der Waals surface area contributed by atoms with Crippen molar-refractivity contribution in [1.29, 1.82) is 0 Å². The van der Waals surface area contributed by atoms with Crippen LogP contribution in [0.25, 0.3) is 0 Å². The first-order valence-electron chi connectivity index (χ1n) is 6.15. The zero-order valence-corrected chi connectivity index (χ0v) is 10.8. The van der Waals surface area contributed by atoms with Gasteiger partial charge in [-0.05, 0) is 25.2 Å². The van der Waals surface area contributed by atoms with Crippen molar-refractivity contribution in [2.45, 2.75) is 25.4 Å². The molecule has 2 atom stereocenters. The highest BCUT2D eigenvalue weighted by Gasteiger charge is 2.48. The van der Waals surface area contributed by atoms with Crippen molar-refractivity contribution in [3.05, 3.63) is 0 Å². The van der Waals surface area contributed by atoms with Crippen molar-refractivity contribution in [3.8, 4) is 0 Å². The van der Waals surface area contributed by atoms with Gasteiger partial charge in [-0.3, -0.25) is 0 Å². The Bertz CT molecular complexity index is 364. The molecule has 0 aromatic carbocycles. The molecule has 2 unspecified atom stereocenters. The molecular formula is C11H21NO4S. The Morgan fingerprint density at radius 3 is 2.53 bits per heavy atom. The molecule has 6 heteroatoms. The molecule has 2 fully saturated rings. The number of aliphatic hydroxyl groups excluding tert-OH is 1. The fourth-order valence-electron chi connectivity index (χ4n) is 2.99. The van der Waals surface area contributed by atoms with Gasteiger partial charge in [-0.15, -0.1) is 0 Å². The Morgan fingerprint density at radius 2 is 2.06 bits per heavy atom. The first-order valence-corrected chi connectivity index (χ1v) is 7.98. The highest BCUT2D eigenvalue weighted by Crippen LogP contribution is 2.40. The minimum absolute atomic E-state index is 0.0367. The molecule has 0 aromatic rings. The van der Waals surface area contributed by atoms with E-state index in [9.17, 15) is 13.5 Å². The van der Waals surface area contributed by atoms with Gasteiger partial charge in [0.2, 0.25) is 0 Å². The molecule has 2 saturated heterocycles. The van der Waals surface area contributed by atoms with Crippen LogP contribution in [-0.4, -0.2) is 50.9 Å². The fourth-order valence-corrected chi connectivity index (χ4v) is 5.16. The number of rotatable bonds is 3. The molecule has 0 bridgehead atoms. The highest BCUT2D eigenvalue weighted by atomic mass is 32.2. The predicted molar refractivity (Wildman–Crippen MR) is 64.3 cm³/mol. The molecule has 0 aliphatic carbocycles. The SMILES string of the molecule is NCC1(C(O)C2CCOCC2)CCS(=O)(=O)C1. The summed E-state index contributed by atoms with van der Waals surface area (Å²) >= 11 is 0. The van der Waals surface area contributed by atoms with Crippen LogP contribution < -0.4 is 5.73 Å². The average molecular weight is 263 g/mol. The van der Waals surface area contributed by atoms with E-state index < -0.39 is 21.4 Å². The average Bonchev–Trinajstić information content (AvgIpc) is 2.66. The van der Waals surface area contributed by atoms with E-state index in [0.717, 1.165) is 12.8 Å². The van der Waals surface area contributed by atoms with Crippen molar-refractivity contribution in [1.82, 2.24) is 0 Å². The maximum absolute atomic E-state index is 11.6. The molecule has 2 rings (SSSR count). The summed E-state index contributed by atoms with van der Waals surface area (Å²) < 4.78 is 28.5. The molecule has 0 saturated carbocycles. The maximum Gasteiger partial charge on any atom is 0.151 e. The van der Waals surface area contributed by atoms with Crippen LogP contribution >= 0.6 is 0 Å². The highest BCUT2D eigenvalue weighted by molar-refractivity contribution is 7.91. The summed E-state index contributed by atoms with van der Waals surface area (Å²) in [6, 6.07) is 0. The first-order chi connectivity index (χ1) is 7.99. The zero-order chi connectivity index (χ0) is 12.5. The second-order valence-electron chi connectivity index (χ2n) is 5.30. The Morgan fingerprint density at radius 1 is 1.41 bits per heavy atom. The molecule has 100 valence electrons. The third-order valence-electron chi connectivity index (χ3n) is 4.16. The standard InChI is InChI=1S/C11H21NO4S/c12-7-11(3-6-17(14,15)8-11)10(13)9-1-4-16-5-2-9/h9-10,13H,1-8,12H2. The van der Waals surface area contributed by atoms with Gasteiger partial charge in [-0.1, -0.05) is 0 Å². The van der Waals surface area contributed by atoms with E-state index in [2.05, 4.69) is 0 Å². The molecule has 0 aromatic heterocycles. The van der Waals surface area contributed by atoms with Gasteiger partial charge in [-0.2, -0.15) is 0 Å². The maximum atomic E-state index is 11.6. The lowest BCUT2D eigenvalue weighted by molar-refractivity contribution is -0.0461. The summed E-state index contributed by atoms with van der Waals surface area (Å²) in [4.78, 5) is 0. The monoisotopic (exact) mass is 263 g/mol. The number of aliphatic hydroxyl groups is 1. The van der Waals surface area contributed by atoms with Crippen molar-refractivity contribution in [2.24, 2.45) is 17.1 Å². The molecule has 2 heterocycles. The van der Waals surface area contributed by atoms with E-state index in [-0.39, 0.29) is 24.0 Å². The van der Waals surface area contributed by atoms with Gasteiger partial charge >= 0.3 is 0 Å². The number of ether oxygens (including phenoxy) is 1. The number of nitrogens with two attached hydrogens (primary N) is 1. The quantitative estimate of drug-likeness (QED) is 0.719. The van der Waals surface area contributed by atoms with E-state index >= 15 is 0 Å². The van der Waals surface area contributed by atoms with Crippen LogP contribution in [0, 0.1) is 11.3 Å². The van der Waals surface area contributed by atoms with Crippen molar-refractivity contribution >= 4 is 9.84 Å². The first kappa shape index (κ1) is 13.3. The Labute approximate surface area is 102 Å². The third-order valence-corrected chi connectivity index (χ3v) is 6.01. The van der Waals surface area contributed by atoms with Gasteiger partial charge < -0.3 is 15.6 Å². The van der Waals surface area contributed by atoms with Crippen molar-refractivity contribution in [2.75, 3.05) is 31.3 Å². The minimum atomic E-state index is -3.02. The Balaban J connectivity index is 2.12. The molecule has 17 heavy (non-hydrogen) atoms. The summed E-state index contributed by atoms with van der Waals surface area (Å²) in [5.74, 6) is 0.320. The minimum Gasteiger partial charge on any atom is -0.392 e. The molecule has 0 spiro atoms. The van der Waals surface area contributed by atoms with Gasteiger partial charge in [0, 0.05) is 25.2 Å². The number of hydrogen-bond donors (Lipinski definition) is 2. The van der Waals surface area contributed by atoms with Crippen LogP contribution in [0.15, 0.2) is 0 Å². The van der Waals surface area contributed by atoms with Crippen LogP contribution in [0.2, 0.25) is 0 Å². The van der Waals surface area contributed by atoms with Gasteiger partial charge in [0.25, 0.3) is 0 Å². The van der Waals surface area contributed by atoms with E-state index in [1.54, 1.807) is 0 Å². The number of sulfone groups is 1. The van der Waals surface area contributed by atoms with E-state index in [0.29, 0.717) is 19.6 Å². The van der Waals surface area contributed by atoms with Crippen LogP contribution in [-0.2, 0) is 14.6 Å². The summed E-state index contributed by atoms with van der Waals surface area (Å²) in [6.45, 7) is 1.54. The third kappa shape index (κ3) is 2.65. The fraction of sp³-hybridized carbons (Fsp3) is 1.00. The second kappa shape index (κ2) is 4.84. The molecule has 2 aliphatic rings. The molecule has 2 aliphatic heterocycles. The van der Waals surface area contributed by atoms with Gasteiger partial charge in [-0.25, -0.2) is 8.42 Å². The summed E-state index contributed by atoms with van der Waals surface area (Å²) in [5, 5.41) is 10.5. The molecule has 5 nitrogen and oxygen atoms in total. The van der Waals surface area contributed by atoms with E-state index in [1.807, 2.05) is 0 Å². The van der Waals surface area contributed by atoms with Crippen LogP contribution in [0.5, 0.6) is 0 Å². The van der Waals surface area contributed by atoms with Gasteiger partial charge in [0.1, 0.15) is 0 Å². The molecule has 0 amide bonds. The topological polar surface area (TPSA) is 89.6 Å². The van der Waals surface area contributed by atoms with Crippen molar-refractivity contribution in [3.63, 3.8) is 0 Å². The summed E-state index contributed by atoms with van der Waals surface area (Å²) in [7, 11) is -3.02. The van der Waals surface area contributed by atoms with E-state index in [4.69, 9.17) is 10.5 Å². The Kier molecular flexibility index (Phi) is 3.77. The lowest BCUT2D eigenvalue weighted by atomic mass is 9.73. The lowest BCUT2D eigenvalue weighted by Gasteiger charge is -2.38. The van der Waals surface area contributed by atoms with Crippen molar-refractivity contribution < 1.29 is 18.3 Å². The largest absolute Gasteiger partial charge is 0.392 e. The van der Waals surface area contributed by atoms with Crippen LogP contribution in [0.3, 0.4) is 0 Å². The predicted octanol–water partition coefficient (Wildman–Crippen LogP) is -0.462. The Hall–Kier alpha value is -0.170. The summed E-state index contributed by atoms with van der Waals surface area (Å²) in [6.07, 6.45) is 1.46. The molecule has 3 N–H and O–H groups in total. The lowest BCUT2D eigenvalue weighted by Crippen LogP contribution is -2.48. The van der Waals surface area contributed by atoms with Crippen LogP contribution in [0.4, 0.5) is 0 Å². The van der Waals surface area contributed by atoms with Gasteiger partial charge in [0.15, 0.2) is 9.84 Å².